The van der Waals surface area contributed by atoms with E-state index in [1.54, 1.807) is 11.8 Å². The predicted molar refractivity (Wildman–Crippen MR) is 82.2 cm³/mol. The van der Waals surface area contributed by atoms with Crippen molar-refractivity contribution in [1.29, 1.82) is 0 Å². The smallest absolute Gasteiger partial charge is 0.235 e. The number of rotatable bonds is 5. The second kappa shape index (κ2) is 6.99. The van der Waals surface area contributed by atoms with Gasteiger partial charge in [-0.2, -0.15) is 0 Å². The molecular formula is C16H23NOS. The van der Waals surface area contributed by atoms with Crippen LogP contribution in [0.25, 0.3) is 0 Å². The van der Waals surface area contributed by atoms with Crippen LogP contribution in [0.4, 0.5) is 0 Å². The lowest BCUT2D eigenvalue weighted by Gasteiger charge is -2.27. The molecule has 1 aromatic carbocycles. The Kier molecular flexibility index (Phi) is 5.32. The summed E-state index contributed by atoms with van der Waals surface area (Å²) in [4.78, 5) is 14.3. The van der Waals surface area contributed by atoms with Crippen LogP contribution < -0.4 is 0 Å². The van der Waals surface area contributed by atoms with E-state index in [1.165, 1.54) is 31.2 Å². The summed E-state index contributed by atoms with van der Waals surface area (Å²) < 4.78 is 0. The fourth-order valence-corrected chi connectivity index (χ4v) is 3.57. The van der Waals surface area contributed by atoms with Crippen LogP contribution in [-0.2, 0) is 10.5 Å². The van der Waals surface area contributed by atoms with Gasteiger partial charge in [0, 0.05) is 18.8 Å². The van der Waals surface area contributed by atoms with E-state index in [9.17, 15) is 4.79 Å². The van der Waals surface area contributed by atoms with E-state index in [0.29, 0.717) is 6.04 Å². The minimum Gasteiger partial charge on any atom is -0.342 e. The lowest BCUT2D eigenvalue weighted by molar-refractivity contribution is -0.130. The zero-order chi connectivity index (χ0) is 13.7. The molecule has 2 nitrogen and oxygen atoms in total. The van der Waals surface area contributed by atoms with Gasteiger partial charge in [-0.25, -0.2) is 0 Å². The molecule has 2 rings (SSSR count). The van der Waals surface area contributed by atoms with Crippen molar-refractivity contribution in [3.63, 3.8) is 0 Å². The van der Waals surface area contributed by atoms with Gasteiger partial charge in [0.15, 0.2) is 0 Å². The van der Waals surface area contributed by atoms with Gasteiger partial charge in [-0.05, 0) is 25.3 Å². The molecule has 0 heterocycles. The van der Waals surface area contributed by atoms with Gasteiger partial charge in [0.1, 0.15) is 0 Å². The Bertz CT molecular complexity index is 400. The van der Waals surface area contributed by atoms with Crippen molar-refractivity contribution in [2.45, 2.75) is 49.7 Å². The molecule has 1 fully saturated rings. The number of benzene rings is 1. The van der Waals surface area contributed by atoms with Crippen LogP contribution in [0.15, 0.2) is 30.3 Å². The van der Waals surface area contributed by atoms with Crippen molar-refractivity contribution >= 4 is 17.7 Å². The highest BCUT2D eigenvalue weighted by molar-refractivity contribution is 7.99. The standard InChI is InChI=1S/C16H23NOS/c1-13(19-12-14-8-4-3-5-9-14)16(18)17(2)15-10-6-7-11-15/h3-5,8-9,13,15H,6-7,10-12H2,1-2H3/t13-/m0/s1. The molecule has 3 heteroatoms. The zero-order valence-electron chi connectivity index (χ0n) is 11.8. The molecular weight excluding hydrogens is 254 g/mol. The Morgan fingerprint density at radius 2 is 1.95 bits per heavy atom. The number of hydrogen-bond donors (Lipinski definition) is 0. The molecule has 1 aliphatic carbocycles. The molecule has 19 heavy (non-hydrogen) atoms. The van der Waals surface area contributed by atoms with E-state index >= 15 is 0 Å². The molecule has 1 aliphatic rings. The molecule has 0 spiro atoms. The van der Waals surface area contributed by atoms with Crippen LogP contribution in [0.5, 0.6) is 0 Å². The molecule has 0 bridgehead atoms. The lowest BCUT2D eigenvalue weighted by Crippen LogP contribution is -2.39. The maximum absolute atomic E-state index is 12.4. The van der Waals surface area contributed by atoms with Crippen molar-refractivity contribution in [2.75, 3.05) is 7.05 Å². The molecule has 104 valence electrons. The van der Waals surface area contributed by atoms with E-state index < -0.39 is 0 Å². The maximum Gasteiger partial charge on any atom is 0.235 e. The fourth-order valence-electron chi connectivity index (χ4n) is 2.63. The molecule has 0 N–H and O–H groups in total. The molecule has 0 unspecified atom stereocenters. The number of thioether (sulfide) groups is 1. The van der Waals surface area contributed by atoms with Crippen LogP contribution in [0, 0.1) is 0 Å². The number of nitrogens with zero attached hydrogens (tertiary/aromatic N) is 1. The van der Waals surface area contributed by atoms with Crippen molar-refractivity contribution in [2.24, 2.45) is 0 Å². The van der Waals surface area contributed by atoms with Crippen molar-refractivity contribution in [1.82, 2.24) is 4.90 Å². The van der Waals surface area contributed by atoms with Crippen molar-refractivity contribution < 1.29 is 4.79 Å². The SMILES string of the molecule is C[C@H](SCc1ccccc1)C(=O)N(C)C1CCCC1. The average molecular weight is 277 g/mol. The Hall–Kier alpha value is -0.960. The average Bonchev–Trinajstić information content (AvgIpc) is 2.98. The Morgan fingerprint density at radius 3 is 2.58 bits per heavy atom. The third kappa shape index (κ3) is 4.00. The molecule has 0 aromatic heterocycles. The first-order valence-corrected chi connectivity index (χ1v) is 8.15. The Balaban J connectivity index is 1.81. The van der Waals surface area contributed by atoms with Gasteiger partial charge in [0.25, 0.3) is 0 Å². The summed E-state index contributed by atoms with van der Waals surface area (Å²) >= 11 is 1.73. The van der Waals surface area contributed by atoms with Crippen LogP contribution in [0.2, 0.25) is 0 Å². The van der Waals surface area contributed by atoms with E-state index in [-0.39, 0.29) is 11.2 Å². The molecule has 1 aromatic rings. The summed E-state index contributed by atoms with van der Waals surface area (Å²) in [5.41, 5.74) is 1.29. The summed E-state index contributed by atoms with van der Waals surface area (Å²) in [6.45, 7) is 2.03. The van der Waals surface area contributed by atoms with Gasteiger partial charge >= 0.3 is 0 Å². The summed E-state index contributed by atoms with van der Waals surface area (Å²) in [5, 5.41) is 0.0470. The summed E-state index contributed by atoms with van der Waals surface area (Å²) in [7, 11) is 1.97. The topological polar surface area (TPSA) is 20.3 Å². The van der Waals surface area contributed by atoms with Crippen LogP contribution in [0.1, 0.15) is 38.2 Å². The summed E-state index contributed by atoms with van der Waals surface area (Å²) in [6, 6.07) is 10.8. The summed E-state index contributed by atoms with van der Waals surface area (Å²) in [6.07, 6.45) is 4.90. The quantitative estimate of drug-likeness (QED) is 0.817. The molecule has 1 amide bonds. The number of carbonyl (C=O) groups is 1. The van der Waals surface area contributed by atoms with Crippen molar-refractivity contribution in [3.8, 4) is 0 Å². The number of amides is 1. The van der Waals surface area contributed by atoms with Gasteiger partial charge in [-0.3, -0.25) is 4.79 Å². The minimum atomic E-state index is 0.0470. The first-order chi connectivity index (χ1) is 9.18. The zero-order valence-corrected chi connectivity index (χ0v) is 12.7. The second-order valence-corrected chi connectivity index (χ2v) is 6.66. The molecule has 1 atom stereocenters. The third-order valence-electron chi connectivity index (χ3n) is 3.91. The highest BCUT2D eigenvalue weighted by Gasteiger charge is 2.26. The number of carbonyl (C=O) groups excluding carboxylic acids is 1. The van der Waals surface area contributed by atoms with Gasteiger partial charge in [-0.15, -0.1) is 11.8 Å². The van der Waals surface area contributed by atoms with E-state index in [1.807, 2.05) is 37.1 Å². The van der Waals surface area contributed by atoms with E-state index in [0.717, 1.165) is 5.75 Å². The lowest BCUT2D eigenvalue weighted by atomic mass is 10.2. The predicted octanol–water partition coefficient (Wildman–Crippen LogP) is 3.71. The van der Waals surface area contributed by atoms with E-state index in [2.05, 4.69) is 12.1 Å². The molecule has 0 radical (unpaired) electrons. The Labute approximate surface area is 120 Å². The molecule has 0 saturated heterocycles. The van der Waals surface area contributed by atoms with Crippen LogP contribution in [-0.4, -0.2) is 29.1 Å². The van der Waals surface area contributed by atoms with Crippen molar-refractivity contribution in [3.05, 3.63) is 35.9 Å². The van der Waals surface area contributed by atoms with Gasteiger partial charge in [-0.1, -0.05) is 43.2 Å². The van der Waals surface area contributed by atoms with Crippen LogP contribution >= 0.6 is 11.8 Å². The summed E-state index contributed by atoms with van der Waals surface area (Å²) in [5.74, 6) is 1.19. The van der Waals surface area contributed by atoms with Crippen LogP contribution in [0.3, 0.4) is 0 Å². The number of hydrogen-bond acceptors (Lipinski definition) is 2. The Morgan fingerprint density at radius 1 is 1.32 bits per heavy atom. The highest BCUT2D eigenvalue weighted by Crippen LogP contribution is 2.25. The molecule has 0 aliphatic heterocycles. The third-order valence-corrected chi connectivity index (χ3v) is 5.11. The normalized spacial score (nSPS) is 17.4. The van der Waals surface area contributed by atoms with Gasteiger partial charge in [0.05, 0.1) is 5.25 Å². The monoisotopic (exact) mass is 277 g/mol. The first-order valence-electron chi connectivity index (χ1n) is 7.10. The first kappa shape index (κ1) is 14.4. The molecule has 1 saturated carbocycles. The maximum atomic E-state index is 12.4. The minimum absolute atomic E-state index is 0.0470. The fraction of sp³-hybridized carbons (Fsp3) is 0.562. The highest BCUT2D eigenvalue weighted by atomic mass is 32.2. The second-order valence-electron chi connectivity index (χ2n) is 5.33. The van der Waals surface area contributed by atoms with Gasteiger partial charge < -0.3 is 4.90 Å². The van der Waals surface area contributed by atoms with Gasteiger partial charge in [0.2, 0.25) is 5.91 Å². The van der Waals surface area contributed by atoms with E-state index in [4.69, 9.17) is 0 Å². The largest absolute Gasteiger partial charge is 0.342 e.